The van der Waals surface area contributed by atoms with Crippen molar-refractivity contribution in [2.45, 2.75) is 6.18 Å². The number of alkyl halides is 3. The summed E-state index contributed by atoms with van der Waals surface area (Å²) in [5.41, 5.74) is -0.481. The van der Waals surface area contributed by atoms with Crippen molar-refractivity contribution < 1.29 is 18.0 Å². The molecule has 0 bridgehead atoms. The zero-order chi connectivity index (χ0) is 10.3. The molecule has 0 N–H and O–H groups in total. The van der Waals surface area contributed by atoms with Crippen molar-refractivity contribution in [3.8, 4) is 0 Å². The maximum atomic E-state index is 12.2. The monoisotopic (exact) mass is 199 g/mol. The fourth-order valence-electron chi connectivity index (χ4n) is 1.22. The second kappa shape index (κ2) is 2.67. The largest absolute Gasteiger partial charge is 0.416 e. The molecule has 1 aliphatic rings. The molecule has 0 atom stereocenters. The minimum Gasteiger partial charge on any atom is -0.287 e. The van der Waals surface area contributed by atoms with Gasteiger partial charge in [-0.3, -0.25) is 9.79 Å². The fourth-order valence-corrected chi connectivity index (χ4v) is 1.22. The number of nitrogens with zero attached hydrogens (tertiary/aromatic N) is 1. The maximum Gasteiger partial charge on any atom is 0.416 e. The SMILES string of the molecule is O=C1C=Nc2cc(C(F)(F)F)ccc21. The Balaban J connectivity index is 2.52. The molecule has 1 aromatic carbocycles. The first-order valence-corrected chi connectivity index (χ1v) is 3.78. The molecule has 72 valence electrons. The van der Waals surface area contributed by atoms with Gasteiger partial charge in [0, 0.05) is 5.56 Å². The molecule has 2 rings (SSSR count). The van der Waals surface area contributed by atoms with Crippen molar-refractivity contribution in [3.05, 3.63) is 29.3 Å². The van der Waals surface area contributed by atoms with Crippen LogP contribution in [0.5, 0.6) is 0 Å². The molecule has 1 aliphatic heterocycles. The molecule has 0 fully saturated rings. The Labute approximate surface area is 77.1 Å². The Morgan fingerprint density at radius 3 is 2.57 bits per heavy atom. The van der Waals surface area contributed by atoms with E-state index in [1.165, 1.54) is 0 Å². The predicted octanol–water partition coefficient (Wildman–Crippen LogP) is 2.60. The molecule has 0 aliphatic carbocycles. The van der Waals surface area contributed by atoms with Gasteiger partial charge in [0.2, 0.25) is 5.78 Å². The third kappa shape index (κ3) is 1.30. The summed E-state index contributed by atoms with van der Waals surface area (Å²) >= 11 is 0. The van der Waals surface area contributed by atoms with E-state index in [0.29, 0.717) is 0 Å². The van der Waals surface area contributed by atoms with Crippen molar-refractivity contribution in [3.63, 3.8) is 0 Å². The van der Waals surface area contributed by atoms with Gasteiger partial charge in [-0.25, -0.2) is 0 Å². The summed E-state index contributed by atoms with van der Waals surface area (Å²) in [7, 11) is 0. The van der Waals surface area contributed by atoms with Crippen LogP contribution in [-0.2, 0) is 6.18 Å². The lowest BCUT2D eigenvalue weighted by Gasteiger charge is -2.06. The van der Waals surface area contributed by atoms with E-state index in [2.05, 4.69) is 4.99 Å². The van der Waals surface area contributed by atoms with Gasteiger partial charge in [0.05, 0.1) is 17.5 Å². The summed E-state index contributed by atoms with van der Waals surface area (Å²) in [6, 6.07) is 2.90. The summed E-state index contributed by atoms with van der Waals surface area (Å²) in [6.07, 6.45) is -3.37. The third-order valence-corrected chi connectivity index (χ3v) is 1.91. The number of halogens is 3. The minimum atomic E-state index is -4.39. The van der Waals surface area contributed by atoms with Crippen LogP contribution in [0.2, 0.25) is 0 Å². The molecular formula is C9H4F3NO. The standard InChI is InChI=1S/C9H4F3NO/c10-9(11,12)5-1-2-6-7(3-5)13-4-8(6)14/h1-4H. The average Bonchev–Trinajstić information content (AvgIpc) is 2.46. The highest BCUT2D eigenvalue weighted by Crippen LogP contribution is 2.34. The second-order valence-corrected chi connectivity index (χ2v) is 2.85. The van der Waals surface area contributed by atoms with Gasteiger partial charge in [-0.2, -0.15) is 13.2 Å². The molecule has 0 aromatic heterocycles. The lowest BCUT2D eigenvalue weighted by Crippen LogP contribution is -2.05. The van der Waals surface area contributed by atoms with Crippen LogP contribution in [0.3, 0.4) is 0 Å². The Hall–Kier alpha value is -1.65. The van der Waals surface area contributed by atoms with E-state index in [1.54, 1.807) is 0 Å². The van der Waals surface area contributed by atoms with Crippen molar-refractivity contribution in [2.75, 3.05) is 0 Å². The van der Waals surface area contributed by atoms with Gasteiger partial charge < -0.3 is 0 Å². The van der Waals surface area contributed by atoms with E-state index in [1.807, 2.05) is 0 Å². The van der Waals surface area contributed by atoms with Gasteiger partial charge in [-0.1, -0.05) is 0 Å². The lowest BCUT2D eigenvalue weighted by molar-refractivity contribution is -0.137. The molecule has 0 spiro atoms. The minimum absolute atomic E-state index is 0.0878. The van der Waals surface area contributed by atoms with E-state index in [0.717, 1.165) is 24.4 Å². The van der Waals surface area contributed by atoms with Crippen LogP contribution in [0.4, 0.5) is 18.9 Å². The van der Waals surface area contributed by atoms with Gasteiger partial charge >= 0.3 is 6.18 Å². The molecule has 0 saturated heterocycles. The Morgan fingerprint density at radius 2 is 1.93 bits per heavy atom. The molecule has 0 saturated carbocycles. The number of carbonyl (C=O) groups excluding carboxylic acids is 1. The summed E-state index contributed by atoms with van der Waals surface area (Å²) < 4.78 is 36.7. The lowest BCUT2D eigenvalue weighted by atomic mass is 10.1. The molecule has 0 unspecified atom stereocenters. The number of hydrogen-bond donors (Lipinski definition) is 0. The Bertz CT molecular complexity index is 434. The highest BCUT2D eigenvalue weighted by Gasteiger charge is 2.32. The van der Waals surface area contributed by atoms with Gasteiger partial charge in [0.1, 0.15) is 0 Å². The smallest absolute Gasteiger partial charge is 0.287 e. The topological polar surface area (TPSA) is 29.4 Å². The highest BCUT2D eigenvalue weighted by atomic mass is 19.4. The van der Waals surface area contributed by atoms with Crippen molar-refractivity contribution in [1.29, 1.82) is 0 Å². The molecule has 1 heterocycles. The van der Waals surface area contributed by atoms with Crippen LogP contribution in [-0.4, -0.2) is 12.0 Å². The number of ketones is 1. The van der Waals surface area contributed by atoms with E-state index in [-0.39, 0.29) is 17.0 Å². The predicted molar refractivity (Wildman–Crippen MR) is 43.9 cm³/mol. The van der Waals surface area contributed by atoms with E-state index in [9.17, 15) is 18.0 Å². The van der Waals surface area contributed by atoms with Crippen LogP contribution in [0.25, 0.3) is 0 Å². The zero-order valence-corrected chi connectivity index (χ0v) is 6.80. The molecule has 0 amide bonds. The van der Waals surface area contributed by atoms with Gasteiger partial charge in [0.15, 0.2) is 0 Å². The quantitative estimate of drug-likeness (QED) is 0.631. The number of fused-ring (bicyclic) bond motifs is 1. The van der Waals surface area contributed by atoms with Crippen LogP contribution < -0.4 is 0 Å². The molecular weight excluding hydrogens is 195 g/mol. The first-order valence-electron chi connectivity index (χ1n) is 3.78. The second-order valence-electron chi connectivity index (χ2n) is 2.85. The van der Waals surface area contributed by atoms with E-state index >= 15 is 0 Å². The number of benzene rings is 1. The summed E-state index contributed by atoms with van der Waals surface area (Å²) in [4.78, 5) is 14.6. The summed E-state index contributed by atoms with van der Waals surface area (Å²) in [6.45, 7) is 0. The third-order valence-electron chi connectivity index (χ3n) is 1.91. The van der Waals surface area contributed by atoms with Crippen molar-refractivity contribution in [2.24, 2.45) is 4.99 Å². The molecule has 0 radical (unpaired) electrons. The van der Waals surface area contributed by atoms with E-state index < -0.39 is 11.7 Å². The van der Waals surface area contributed by atoms with Gasteiger partial charge in [-0.15, -0.1) is 0 Å². The number of Topliss-reactive ketones (excluding diaryl/α,β-unsaturated/α-hetero) is 1. The highest BCUT2D eigenvalue weighted by molar-refractivity contribution is 6.39. The molecule has 5 heteroatoms. The van der Waals surface area contributed by atoms with Crippen LogP contribution >= 0.6 is 0 Å². The molecule has 2 nitrogen and oxygen atoms in total. The van der Waals surface area contributed by atoms with Crippen LogP contribution in [0, 0.1) is 0 Å². The van der Waals surface area contributed by atoms with Crippen molar-refractivity contribution >= 4 is 17.7 Å². The molecule has 14 heavy (non-hydrogen) atoms. The maximum absolute atomic E-state index is 12.2. The number of hydrogen-bond acceptors (Lipinski definition) is 2. The molecule has 1 aromatic rings. The van der Waals surface area contributed by atoms with Crippen molar-refractivity contribution in [1.82, 2.24) is 0 Å². The normalized spacial score (nSPS) is 14.6. The number of carbonyl (C=O) groups is 1. The Kier molecular flexibility index (Phi) is 1.70. The van der Waals surface area contributed by atoms with Crippen LogP contribution in [0.15, 0.2) is 23.2 Å². The fraction of sp³-hybridized carbons (Fsp3) is 0.111. The van der Waals surface area contributed by atoms with E-state index in [4.69, 9.17) is 0 Å². The Morgan fingerprint density at radius 1 is 1.21 bits per heavy atom. The van der Waals surface area contributed by atoms with Crippen LogP contribution in [0.1, 0.15) is 15.9 Å². The first-order chi connectivity index (χ1) is 6.48. The average molecular weight is 199 g/mol. The summed E-state index contributed by atoms with van der Waals surface area (Å²) in [5.74, 6) is -0.353. The zero-order valence-electron chi connectivity index (χ0n) is 6.80. The van der Waals surface area contributed by atoms with Gasteiger partial charge in [-0.05, 0) is 18.2 Å². The van der Waals surface area contributed by atoms with Gasteiger partial charge in [0.25, 0.3) is 0 Å². The number of rotatable bonds is 0. The number of aliphatic imine (C=N–C) groups is 1. The first kappa shape index (κ1) is 8.93. The summed E-state index contributed by atoms with van der Waals surface area (Å²) in [5, 5.41) is 0.